The fraction of sp³-hybridized carbons (Fsp3) is 1.00. The van der Waals surface area contributed by atoms with Crippen LogP contribution in [0, 0.1) is 5.92 Å². The Labute approximate surface area is 129 Å². The highest BCUT2D eigenvalue weighted by Crippen LogP contribution is 2.39. The molecule has 3 rings (SSSR count). The maximum absolute atomic E-state index is 6.31. The van der Waals surface area contributed by atoms with E-state index in [4.69, 9.17) is 15.2 Å². The van der Waals surface area contributed by atoms with Crippen molar-refractivity contribution in [3.63, 3.8) is 0 Å². The van der Waals surface area contributed by atoms with Gasteiger partial charge in [-0.25, -0.2) is 0 Å². The van der Waals surface area contributed by atoms with Gasteiger partial charge in [0.05, 0.1) is 12.7 Å². The summed E-state index contributed by atoms with van der Waals surface area (Å²) in [7, 11) is 0. The molecule has 4 nitrogen and oxygen atoms in total. The Morgan fingerprint density at radius 1 is 1.14 bits per heavy atom. The van der Waals surface area contributed by atoms with Crippen molar-refractivity contribution >= 4 is 0 Å². The Hall–Kier alpha value is -0.160. The lowest BCUT2D eigenvalue weighted by molar-refractivity contribution is -0.164. The first-order chi connectivity index (χ1) is 10.3. The summed E-state index contributed by atoms with van der Waals surface area (Å²) in [5.41, 5.74) is 6.01. The highest BCUT2D eigenvalue weighted by atomic mass is 16.7. The number of nitrogens with zero attached hydrogens (tertiary/aromatic N) is 1. The van der Waals surface area contributed by atoms with E-state index >= 15 is 0 Å². The van der Waals surface area contributed by atoms with E-state index in [1.54, 1.807) is 0 Å². The highest BCUT2D eigenvalue weighted by Gasteiger charge is 2.44. The zero-order chi connectivity index (χ0) is 14.7. The highest BCUT2D eigenvalue weighted by molar-refractivity contribution is 4.88. The SMILES string of the molecule is CCN(CC1COC2(CCCC2)O1)C1CCCCC1CN. The largest absolute Gasteiger partial charge is 0.347 e. The van der Waals surface area contributed by atoms with Crippen molar-refractivity contribution in [3.05, 3.63) is 0 Å². The molecule has 3 fully saturated rings. The minimum absolute atomic E-state index is 0.218. The molecule has 1 aliphatic heterocycles. The van der Waals surface area contributed by atoms with Gasteiger partial charge < -0.3 is 15.2 Å². The Bertz CT molecular complexity index is 331. The molecular formula is C17H32N2O2. The summed E-state index contributed by atoms with van der Waals surface area (Å²) in [6.07, 6.45) is 10.2. The van der Waals surface area contributed by atoms with Gasteiger partial charge >= 0.3 is 0 Å². The van der Waals surface area contributed by atoms with Crippen LogP contribution in [-0.4, -0.2) is 49.1 Å². The van der Waals surface area contributed by atoms with Crippen molar-refractivity contribution < 1.29 is 9.47 Å². The van der Waals surface area contributed by atoms with Gasteiger partial charge in [-0.3, -0.25) is 4.90 Å². The van der Waals surface area contributed by atoms with Crippen LogP contribution < -0.4 is 5.73 Å². The van der Waals surface area contributed by atoms with Crippen molar-refractivity contribution in [2.75, 3.05) is 26.2 Å². The van der Waals surface area contributed by atoms with Gasteiger partial charge in [0.2, 0.25) is 0 Å². The summed E-state index contributed by atoms with van der Waals surface area (Å²) < 4.78 is 12.3. The molecule has 0 radical (unpaired) electrons. The van der Waals surface area contributed by atoms with Gasteiger partial charge in [0.15, 0.2) is 5.79 Å². The molecule has 4 heteroatoms. The Morgan fingerprint density at radius 2 is 1.90 bits per heavy atom. The molecule has 0 aromatic carbocycles. The third-order valence-corrected chi connectivity index (χ3v) is 5.76. The second-order valence-electron chi connectivity index (χ2n) is 7.10. The Balaban J connectivity index is 1.57. The fourth-order valence-corrected chi connectivity index (χ4v) is 4.59. The average Bonchev–Trinajstić information content (AvgIpc) is 3.15. The van der Waals surface area contributed by atoms with Crippen LogP contribution >= 0.6 is 0 Å². The van der Waals surface area contributed by atoms with Crippen molar-refractivity contribution in [1.29, 1.82) is 0 Å². The first kappa shape index (κ1) is 15.7. The van der Waals surface area contributed by atoms with Crippen LogP contribution in [0.1, 0.15) is 58.3 Å². The van der Waals surface area contributed by atoms with E-state index in [2.05, 4.69) is 11.8 Å². The average molecular weight is 296 g/mol. The molecule has 0 bridgehead atoms. The van der Waals surface area contributed by atoms with E-state index in [1.165, 1.54) is 38.5 Å². The molecule has 3 unspecified atom stereocenters. The summed E-state index contributed by atoms with van der Waals surface area (Å²) >= 11 is 0. The fourth-order valence-electron chi connectivity index (χ4n) is 4.59. The van der Waals surface area contributed by atoms with Crippen LogP contribution in [0.4, 0.5) is 0 Å². The molecular weight excluding hydrogens is 264 g/mol. The van der Waals surface area contributed by atoms with Gasteiger partial charge in [-0.1, -0.05) is 19.8 Å². The minimum atomic E-state index is -0.218. The number of hydrogen-bond donors (Lipinski definition) is 1. The van der Waals surface area contributed by atoms with Gasteiger partial charge in [0.25, 0.3) is 0 Å². The summed E-state index contributed by atoms with van der Waals surface area (Å²) in [5.74, 6) is 0.450. The summed E-state index contributed by atoms with van der Waals surface area (Å²) in [6, 6.07) is 0.650. The Kier molecular flexibility index (Phi) is 5.20. The van der Waals surface area contributed by atoms with E-state index in [0.29, 0.717) is 12.0 Å². The van der Waals surface area contributed by atoms with Crippen LogP contribution in [0.5, 0.6) is 0 Å². The smallest absolute Gasteiger partial charge is 0.168 e. The molecule has 122 valence electrons. The molecule has 1 saturated heterocycles. The molecule has 2 saturated carbocycles. The van der Waals surface area contributed by atoms with Crippen LogP contribution in [-0.2, 0) is 9.47 Å². The van der Waals surface area contributed by atoms with Crippen LogP contribution in [0.2, 0.25) is 0 Å². The van der Waals surface area contributed by atoms with Gasteiger partial charge in [0, 0.05) is 25.4 Å². The summed E-state index contributed by atoms with van der Waals surface area (Å²) in [4.78, 5) is 2.61. The maximum atomic E-state index is 6.31. The van der Waals surface area contributed by atoms with Crippen molar-refractivity contribution in [1.82, 2.24) is 4.90 Å². The minimum Gasteiger partial charge on any atom is -0.347 e. The molecule has 21 heavy (non-hydrogen) atoms. The second kappa shape index (κ2) is 6.95. The number of nitrogens with two attached hydrogens (primary N) is 1. The van der Waals surface area contributed by atoms with E-state index < -0.39 is 0 Å². The third kappa shape index (κ3) is 3.44. The second-order valence-corrected chi connectivity index (χ2v) is 7.10. The molecule has 3 atom stereocenters. The molecule has 3 aliphatic rings. The van der Waals surface area contributed by atoms with Crippen LogP contribution in [0.25, 0.3) is 0 Å². The quantitative estimate of drug-likeness (QED) is 0.847. The topological polar surface area (TPSA) is 47.7 Å². The third-order valence-electron chi connectivity index (χ3n) is 5.76. The molecule has 1 heterocycles. The van der Waals surface area contributed by atoms with Gasteiger partial charge in [0.1, 0.15) is 0 Å². The van der Waals surface area contributed by atoms with Crippen molar-refractivity contribution in [2.45, 2.75) is 76.2 Å². The summed E-state index contributed by atoms with van der Waals surface area (Å²) in [6.45, 7) is 5.97. The lowest BCUT2D eigenvalue weighted by Gasteiger charge is -2.40. The molecule has 0 amide bonds. The van der Waals surface area contributed by atoms with Crippen LogP contribution in [0.3, 0.4) is 0 Å². The first-order valence-corrected chi connectivity index (χ1v) is 9.02. The molecule has 2 N–H and O–H groups in total. The van der Waals surface area contributed by atoms with Crippen molar-refractivity contribution in [2.24, 2.45) is 11.7 Å². The number of ether oxygens (including phenoxy) is 2. The maximum Gasteiger partial charge on any atom is 0.168 e. The van der Waals surface area contributed by atoms with Gasteiger partial charge in [-0.05, 0) is 44.7 Å². The molecule has 2 aliphatic carbocycles. The monoisotopic (exact) mass is 296 g/mol. The lowest BCUT2D eigenvalue weighted by Crippen LogP contribution is -2.48. The predicted octanol–water partition coefficient (Wildman–Crippen LogP) is 2.51. The summed E-state index contributed by atoms with van der Waals surface area (Å²) in [5, 5.41) is 0. The number of hydrogen-bond acceptors (Lipinski definition) is 4. The van der Waals surface area contributed by atoms with E-state index in [9.17, 15) is 0 Å². The normalized spacial score (nSPS) is 35.9. The lowest BCUT2D eigenvalue weighted by atomic mass is 9.83. The molecule has 0 aromatic heterocycles. The zero-order valence-electron chi connectivity index (χ0n) is 13.6. The predicted molar refractivity (Wildman–Crippen MR) is 84.1 cm³/mol. The zero-order valence-corrected chi connectivity index (χ0v) is 13.6. The van der Waals surface area contributed by atoms with Gasteiger partial charge in [-0.15, -0.1) is 0 Å². The van der Waals surface area contributed by atoms with Gasteiger partial charge in [-0.2, -0.15) is 0 Å². The first-order valence-electron chi connectivity index (χ1n) is 9.02. The van der Waals surface area contributed by atoms with Crippen molar-refractivity contribution in [3.8, 4) is 0 Å². The molecule has 0 aromatic rings. The van der Waals surface area contributed by atoms with E-state index in [0.717, 1.165) is 39.1 Å². The number of rotatable bonds is 5. The molecule has 1 spiro atoms. The standard InChI is InChI=1S/C17H32N2O2/c1-2-19(16-8-4-3-7-14(16)11-18)12-15-13-20-17(21-15)9-5-6-10-17/h14-16H,2-13,18H2,1H3. The Morgan fingerprint density at radius 3 is 2.62 bits per heavy atom. The van der Waals surface area contributed by atoms with E-state index in [1.807, 2.05) is 0 Å². The van der Waals surface area contributed by atoms with E-state index in [-0.39, 0.29) is 11.9 Å². The number of likely N-dealkylation sites (N-methyl/N-ethyl adjacent to an activating group) is 1. The van der Waals surface area contributed by atoms with Crippen LogP contribution in [0.15, 0.2) is 0 Å².